The SMILES string of the molecule is CC(C)(C)OC(=O)N1CCCC2(CNCC(C=O)O2)C1. The molecule has 1 spiro atoms. The molecule has 0 aliphatic carbocycles. The summed E-state index contributed by atoms with van der Waals surface area (Å²) in [7, 11) is 0. The van der Waals surface area contributed by atoms with Crippen molar-refractivity contribution < 1.29 is 19.1 Å². The zero-order valence-corrected chi connectivity index (χ0v) is 12.5. The third kappa shape index (κ3) is 3.70. The van der Waals surface area contributed by atoms with Crippen molar-refractivity contribution in [2.24, 2.45) is 0 Å². The van der Waals surface area contributed by atoms with Crippen molar-refractivity contribution in [2.75, 3.05) is 26.2 Å². The van der Waals surface area contributed by atoms with E-state index in [9.17, 15) is 9.59 Å². The van der Waals surface area contributed by atoms with Crippen molar-refractivity contribution in [1.29, 1.82) is 0 Å². The van der Waals surface area contributed by atoms with Crippen LogP contribution in [0.15, 0.2) is 0 Å². The number of hydrogen-bond acceptors (Lipinski definition) is 5. The summed E-state index contributed by atoms with van der Waals surface area (Å²) in [5, 5.41) is 3.22. The van der Waals surface area contributed by atoms with E-state index in [0.717, 1.165) is 19.1 Å². The predicted octanol–water partition coefficient (Wildman–Crippen LogP) is 0.943. The third-order valence-corrected chi connectivity index (χ3v) is 3.54. The summed E-state index contributed by atoms with van der Waals surface area (Å²) in [5.41, 5.74) is -0.961. The van der Waals surface area contributed by atoms with E-state index in [0.29, 0.717) is 26.2 Å². The second kappa shape index (κ2) is 5.69. The van der Waals surface area contributed by atoms with Gasteiger partial charge in [0.25, 0.3) is 0 Å². The van der Waals surface area contributed by atoms with E-state index >= 15 is 0 Å². The van der Waals surface area contributed by atoms with Crippen LogP contribution in [-0.2, 0) is 14.3 Å². The zero-order valence-electron chi connectivity index (χ0n) is 12.5. The summed E-state index contributed by atoms with van der Waals surface area (Å²) in [6, 6.07) is 0. The van der Waals surface area contributed by atoms with Crippen molar-refractivity contribution >= 4 is 12.4 Å². The predicted molar refractivity (Wildman–Crippen MR) is 73.6 cm³/mol. The first-order valence-corrected chi connectivity index (χ1v) is 7.15. The molecule has 114 valence electrons. The van der Waals surface area contributed by atoms with Crippen LogP contribution in [0.5, 0.6) is 0 Å². The lowest BCUT2D eigenvalue weighted by Crippen LogP contribution is -2.62. The van der Waals surface area contributed by atoms with Crippen LogP contribution in [0.1, 0.15) is 33.6 Å². The molecule has 2 rings (SSSR count). The molecule has 2 aliphatic heterocycles. The van der Waals surface area contributed by atoms with Gasteiger partial charge in [-0.15, -0.1) is 0 Å². The maximum atomic E-state index is 12.1. The Labute approximate surface area is 119 Å². The van der Waals surface area contributed by atoms with E-state index in [1.807, 2.05) is 20.8 Å². The standard InChI is InChI=1S/C14H24N2O4/c1-13(2,3)20-12(18)16-6-4-5-14(10-16)9-15-7-11(8-17)19-14/h8,11,15H,4-7,9-10H2,1-3H3. The van der Waals surface area contributed by atoms with Gasteiger partial charge in [0.15, 0.2) is 0 Å². The van der Waals surface area contributed by atoms with Gasteiger partial charge in [0.05, 0.1) is 12.1 Å². The minimum Gasteiger partial charge on any atom is -0.444 e. The minimum atomic E-state index is -0.501. The van der Waals surface area contributed by atoms with E-state index in [-0.39, 0.29) is 6.09 Å². The first-order valence-electron chi connectivity index (χ1n) is 7.15. The van der Waals surface area contributed by atoms with Gasteiger partial charge in [-0.2, -0.15) is 0 Å². The van der Waals surface area contributed by atoms with E-state index < -0.39 is 17.3 Å². The Morgan fingerprint density at radius 2 is 2.25 bits per heavy atom. The summed E-state index contributed by atoms with van der Waals surface area (Å²) in [5.74, 6) is 0. The quantitative estimate of drug-likeness (QED) is 0.726. The second-order valence-electron chi connectivity index (χ2n) is 6.61. The molecule has 6 heteroatoms. The molecule has 2 heterocycles. The Balaban J connectivity index is 2.00. The van der Waals surface area contributed by atoms with Crippen LogP contribution in [0.4, 0.5) is 4.79 Å². The maximum absolute atomic E-state index is 12.1. The first-order chi connectivity index (χ1) is 9.34. The van der Waals surface area contributed by atoms with Crippen molar-refractivity contribution in [2.45, 2.75) is 50.9 Å². The fraction of sp³-hybridized carbons (Fsp3) is 0.857. The van der Waals surface area contributed by atoms with Crippen LogP contribution in [0, 0.1) is 0 Å². The molecule has 2 fully saturated rings. The molecule has 2 atom stereocenters. The smallest absolute Gasteiger partial charge is 0.410 e. The largest absolute Gasteiger partial charge is 0.444 e. The lowest BCUT2D eigenvalue weighted by molar-refractivity contribution is -0.154. The van der Waals surface area contributed by atoms with Gasteiger partial charge in [-0.1, -0.05) is 0 Å². The van der Waals surface area contributed by atoms with Crippen LogP contribution in [0.3, 0.4) is 0 Å². The van der Waals surface area contributed by atoms with Gasteiger partial charge in [-0.25, -0.2) is 4.79 Å². The van der Waals surface area contributed by atoms with Crippen LogP contribution in [0.25, 0.3) is 0 Å². The Bertz CT molecular complexity index is 376. The molecule has 20 heavy (non-hydrogen) atoms. The Morgan fingerprint density at radius 1 is 1.50 bits per heavy atom. The molecular formula is C14H24N2O4. The Hall–Kier alpha value is -1.14. The number of nitrogens with zero attached hydrogens (tertiary/aromatic N) is 1. The van der Waals surface area contributed by atoms with Crippen LogP contribution >= 0.6 is 0 Å². The average Bonchev–Trinajstić information content (AvgIpc) is 2.37. The molecule has 0 aromatic carbocycles. The molecule has 1 amide bonds. The molecule has 0 aromatic heterocycles. The highest BCUT2D eigenvalue weighted by molar-refractivity contribution is 5.68. The summed E-state index contributed by atoms with van der Waals surface area (Å²) in [6.45, 7) is 7.91. The number of carbonyl (C=O) groups excluding carboxylic acids is 2. The number of morpholine rings is 1. The Morgan fingerprint density at radius 3 is 2.90 bits per heavy atom. The number of ether oxygens (including phenoxy) is 2. The number of piperidine rings is 1. The number of likely N-dealkylation sites (tertiary alicyclic amines) is 1. The van der Waals surface area contributed by atoms with Gasteiger partial charge >= 0.3 is 6.09 Å². The fourth-order valence-electron chi connectivity index (χ4n) is 2.74. The fourth-order valence-corrected chi connectivity index (χ4v) is 2.74. The molecule has 2 saturated heterocycles. The normalized spacial score (nSPS) is 31.1. The van der Waals surface area contributed by atoms with E-state index in [1.165, 1.54) is 0 Å². The summed E-state index contributed by atoms with van der Waals surface area (Å²) >= 11 is 0. The Kier molecular flexibility index (Phi) is 4.34. The molecule has 1 N–H and O–H groups in total. The number of rotatable bonds is 1. The molecule has 0 bridgehead atoms. The van der Waals surface area contributed by atoms with E-state index in [2.05, 4.69) is 5.32 Å². The third-order valence-electron chi connectivity index (χ3n) is 3.54. The second-order valence-corrected chi connectivity index (χ2v) is 6.61. The minimum absolute atomic E-state index is 0.312. The van der Waals surface area contributed by atoms with Gasteiger partial charge in [0.2, 0.25) is 0 Å². The molecule has 0 saturated carbocycles. The molecule has 2 aliphatic rings. The molecule has 2 unspecified atom stereocenters. The number of hydrogen-bond donors (Lipinski definition) is 1. The summed E-state index contributed by atoms with van der Waals surface area (Å²) in [4.78, 5) is 24.8. The summed E-state index contributed by atoms with van der Waals surface area (Å²) in [6.07, 6.45) is 1.78. The van der Waals surface area contributed by atoms with Crippen LogP contribution in [0.2, 0.25) is 0 Å². The topological polar surface area (TPSA) is 67.9 Å². The van der Waals surface area contributed by atoms with Crippen molar-refractivity contribution in [3.05, 3.63) is 0 Å². The van der Waals surface area contributed by atoms with Gasteiger partial charge in [-0.05, 0) is 33.6 Å². The summed E-state index contributed by atoms with van der Waals surface area (Å²) < 4.78 is 11.3. The number of carbonyl (C=O) groups is 2. The van der Waals surface area contributed by atoms with Gasteiger partial charge in [0.1, 0.15) is 18.0 Å². The highest BCUT2D eigenvalue weighted by atomic mass is 16.6. The molecule has 6 nitrogen and oxygen atoms in total. The highest BCUT2D eigenvalue weighted by Crippen LogP contribution is 2.28. The van der Waals surface area contributed by atoms with Crippen molar-refractivity contribution in [3.63, 3.8) is 0 Å². The number of nitrogens with one attached hydrogen (secondary N) is 1. The van der Waals surface area contributed by atoms with Crippen molar-refractivity contribution in [1.82, 2.24) is 10.2 Å². The first kappa shape index (κ1) is 15.3. The van der Waals surface area contributed by atoms with Gasteiger partial charge in [-0.3, -0.25) is 0 Å². The highest BCUT2D eigenvalue weighted by Gasteiger charge is 2.42. The van der Waals surface area contributed by atoms with Crippen LogP contribution in [-0.4, -0.2) is 60.8 Å². The van der Waals surface area contributed by atoms with Gasteiger partial charge in [0, 0.05) is 19.6 Å². The lowest BCUT2D eigenvalue weighted by Gasteiger charge is -2.46. The zero-order chi connectivity index (χ0) is 14.8. The molecule has 0 aromatic rings. The maximum Gasteiger partial charge on any atom is 0.410 e. The van der Waals surface area contributed by atoms with Gasteiger partial charge < -0.3 is 24.5 Å². The number of aldehydes is 1. The monoisotopic (exact) mass is 284 g/mol. The average molecular weight is 284 g/mol. The molecule has 0 radical (unpaired) electrons. The van der Waals surface area contributed by atoms with E-state index in [1.54, 1.807) is 4.90 Å². The molecular weight excluding hydrogens is 260 g/mol. The number of amides is 1. The lowest BCUT2D eigenvalue weighted by atomic mass is 9.91. The van der Waals surface area contributed by atoms with Crippen molar-refractivity contribution in [3.8, 4) is 0 Å². The van der Waals surface area contributed by atoms with Crippen LogP contribution < -0.4 is 5.32 Å². The van der Waals surface area contributed by atoms with E-state index in [4.69, 9.17) is 9.47 Å².